The predicted molar refractivity (Wildman–Crippen MR) is 73.9 cm³/mol. The number of carbonyl (C=O) groups excluding carboxylic acids is 1. The summed E-state index contributed by atoms with van der Waals surface area (Å²) in [7, 11) is 0. The summed E-state index contributed by atoms with van der Waals surface area (Å²) in [5.41, 5.74) is 7.59. The minimum atomic E-state index is -0.686. The van der Waals surface area contributed by atoms with Crippen molar-refractivity contribution in [1.29, 1.82) is 0 Å². The highest BCUT2D eigenvalue weighted by Gasteiger charge is 2.14. The number of rotatable bonds is 5. The van der Waals surface area contributed by atoms with Crippen LogP contribution < -0.4 is 11.1 Å². The number of allylic oxidation sites excluding steroid dienone is 1. The van der Waals surface area contributed by atoms with Crippen LogP contribution in [0.4, 0.5) is 0 Å². The molecule has 104 valence electrons. The summed E-state index contributed by atoms with van der Waals surface area (Å²) in [5, 5.41) is 21.3. The average Bonchev–Trinajstić information content (AvgIpc) is 2.33. The van der Waals surface area contributed by atoms with Crippen molar-refractivity contribution >= 4 is 5.91 Å². The second-order valence-corrected chi connectivity index (χ2v) is 4.66. The van der Waals surface area contributed by atoms with Gasteiger partial charge in [0.05, 0.1) is 6.04 Å². The van der Waals surface area contributed by atoms with Gasteiger partial charge in [-0.2, -0.15) is 0 Å². The molecule has 0 bridgehead atoms. The van der Waals surface area contributed by atoms with Gasteiger partial charge in [-0.05, 0) is 38.0 Å². The number of phenols is 2. The summed E-state index contributed by atoms with van der Waals surface area (Å²) in [6.07, 6.45) is 2.20. The van der Waals surface area contributed by atoms with E-state index in [2.05, 4.69) is 5.32 Å². The molecule has 0 aliphatic heterocycles. The Morgan fingerprint density at radius 3 is 2.63 bits per heavy atom. The van der Waals surface area contributed by atoms with Gasteiger partial charge in [0.25, 0.3) is 0 Å². The summed E-state index contributed by atoms with van der Waals surface area (Å²) in [6.45, 7) is 4.35. The minimum Gasteiger partial charge on any atom is -0.504 e. The molecule has 0 spiro atoms. The van der Waals surface area contributed by atoms with Crippen molar-refractivity contribution in [2.24, 2.45) is 5.73 Å². The highest BCUT2D eigenvalue weighted by molar-refractivity contribution is 5.81. The van der Waals surface area contributed by atoms with Crippen LogP contribution in [0.5, 0.6) is 11.5 Å². The van der Waals surface area contributed by atoms with Gasteiger partial charge < -0.3 is 21.3 Å². The van der Waals surface area contributed by atoms with Crippen molar-refractivity contribution in [2.45, 2.75) is 26.3 Å². The molecule has 0 saturated heterocycles. The zero-order chi connectivity index (χ0) is 14.4. The first-order chi connectivity index (χ1) is 8.90. The van der Waals surface area contributed by atoms with Crippen LogP contribution in [-0.4, -0.2) is 28.7 Å². The third kappa shape index (κ3) is 5.01. The first kappa shape index (κ1) is 15.0. The molecule has 1 aromatic carbocycles. The number of amides is 1. The van der Waals surface area contributed by atoms with Gasteiger partial charge in [0.15, 0.2) is 11.5 Å². The number of nitrogens with one attached hydrogen (secondary N) is 1. The number of benzene rings is 1. The van der Waals surface area contributed by atoms with E-state index in [-0.39, 0.29) is 17.4 Å². The molecule has 0 heterocycles. The number of nitrogens with two attached hydrogens (primary N) is 1. The zero-order valence-corrected chi connectivity index (χ0v) is 11.2. The second-order valence-electron chi connectivity index (χ2n) is 4.66. The van der Waals surface area contributed by atoms with E-state index >= 15 is 0 Å². The summed E-state index contributed by atoms with van der Waals surface area (Å²) in [6, 6.07) is 3.71. The van der Waals surface area contributed by atoms with Gasteiger partial charge in [-0.25, -0.2) is 0 Å². The van der Waals surface area contributed by atoms with Gasteiger partial charge in [0.2, 0.25) is 5.91 Å². The SMILES string of the molecule is CC(C)=CCNC(=O)[C@@H](N)Cc1ccc(O)c(O)c1. The summed E-state index contributed by atoms with van der Waals surface area (Å²) >= 11 is 0. The molecule has 1 rings (SSSR count). The summed E-state index contributed by atoms with van der Waals surface area (Å²) in [5.74, 6) is -0.648. The van der Waals surface area contributed by atoms with Crippen molar-refractivity contribution in [3.05, 3.63) is 35.4 Å². The van der Waals surface area contributed by atoms with Gasteiger partial charge in [-0.15, -0.1) is 0 Å². The van der Waals surface area contributed by atoms with Crippen LogP contribution in [-0.2, 0) is 11.2 Å². The highest BCUT2D eigenvalue weighted by Crippen LogP contribution is 2.25. The van der Waals surface area contributed by atoms with Crippen LogP contribution in [0.15, 0.2) is 29.8 Å². The maximum Gasteiger partial charge on any atom is 0.237 e. The minimum absolute atomic E-state index is 0.190. The van der Waals surface area contributed by atoms with Gasteiger partial charge in [-0.3, -0.25) is 4.79 Å². The summed E-state index contributed by atoms with van der Waals surface area (Å²) < 4.78 is 0. The Labute approximate surface area is 112 Å². The quantitative estimate of drug-likeness (QED) is 0.472. The second kappa shape index (κ2) is 6.80. The third-order valence-electron chi connectivity index (χ3n) is 2.62. The number of hydrogen-bond acceptors (Lipinski definition) is 4. The Morgan fingerprint density at radius 1 is 1.37 bits per heavy atom. The van der Waals surface area contributed by atoms with E-state index in [9.17, 15) is 15.0 Å². The van der Waals surface area contributed by atoms with E-state index in [1.807, 2.05) is 19.9 Å². The van der Waals surface area contributed by atoms with Crippen LogP contribution in [0.1, 0.15) is 19.4 Å². The van der Waals surface area contributed by atoms with E-state index in [0.717, 1.165) is 5.57 Å². The topological polar surface area (TPSA) is 95.6 Å². The maximum absolute atomic E-state index is 11.7. The van der Waals surface area contributed by atoms with Gasteiger partial charge >= 0.3 is 0 Å². The fourth-order valence-electron chi connectivity index (χ4n) is 1.53. The number of aromatic hydroxyl groups is 2. The van der Waals surface area contributed by atoms with Crippen molar-refractivity contribution in [3.63, 3.8) is 0 Å². The molecule has 1 aromatic rings. The van der Waals surface area contributed by atoms with Crippen molar-refractivity contribution in [2.75, 3.05) is 6.54 Å². The Morgan fingerprint density at radius 2 is 2.05 bits per heavy atom. The molecular formula is C14H20N2O3. The summed E-state index contributed by atoms with van der Waals surface area (Å²) in [4.78, 5) is 11.7. The molecule has 5 heteroatoms. The van der Waals surface area contributed by atoms with Gasteiger partial charge in [0.1, 0.15) is 0 Å². The molecule has 0 fully saturated rings. The van der Waals surface area contributed by atoms with E-state index < -0.39 is 6.04 Å². The molecule has 0 aromatic heterocycles. The molecule has 5 N–H and O–H groups in total. The number of carbonyl (C=O) groups is 1. The predicted octanol–water partition coefficient (Wildman–Crippen LogP) is 1.05. The number of hydrogen-bond donors (Lipinski definition) is 4. The molecule has 0 saturated carbocycles. The zero-order valence-electron chi connectivity index (χ0n) is 11.2. The lowest BCUT2D eigenvalue weighted by atomic mass is 10.1. The van der Waals surface area contributed by atoms with Gasteiger partial charge in [-0.1, -0.05) is 17.7 Å². The maximum atomic E-state index is 11.7. The lowest BCUT2D eigenvalue weighted by molar-refractivity contribution is -0.122. The van der Waals surface area contributed by atoms with Crippen LogP contribution in [0, 0.1) is 0 Å². The molecule has 0 unspecified atom stereocenters. The Bertz CT molecular complexity index is 480. The van der Waals surface area contributed by atoms with Crippen molar-refractivity contribution in [3.8, 4) is 11.5 Å². The molecule has 0 aliphatic carbocycles. The van der Waals surface area contributed by atoms with Crippen molar-refractivity contribution in [1.82, 2.24) is 5.32 Å². The van der Waals surface area contributed by atoms with E-state index in [1.54, 1.807) is 6.07 Å². The largest absolute Gasteiger partial charge is 0.504 e. The molecule has 1 amide bonds. The number of phenolic OH excluding ortho intramolecular Hbond substituents is 2. The van der Waals surface area contributed by atoms with Crippen LogP contribution in [0.3, 0.4) is 0 Å². The average molecular weight is 264 g/mol. The van der Waals surface area contributed by atoms with Crippen LogP contribution in [0.2, 0.25) is 0 Å². The third-order valence-corrected chi connectivity index (χ3v) is 2.62. The normalized spacial score (nSPS) is 11.7. The fourth-order valence-corrected chi connectivity index (χ4v) is 1.53. The van der Waals surface area contributed by atoms with Crippen molar-refractivity contribution < 1.29 is 15.0 Å². The first-order valence-electron chi connectivity index (χ1n) is 6.07. The van der Waals surface area contributed by atoms with Crippen LogP contribution >= 0.6 is 0 Å². The Kier molecular flexibility index (Phi) is 5.38. The standard InChI is InChI=1S/C14H20N2O3/c1-9(2)5-6-16-14(19)11(15)7-10-3-4-12(17)13(18)8-10/h3-5,8,11,17-18H,6-7,15H2,1-2H3,(H,16,19)/t11-/m0/s1. The molecule has 0 radical (unpaired) electrons. The van der Waals surface area contributed by atoms with E-state index in [1.165, 1.54) is 12.1 Å². The Balaban J connectivity index is 2.53. The van der Waals surface area contributed by atoms with Crippen LogP contribution in [0.25, 0.3) is 0 Å². The molecular weight excluding hydrogens is 244 g/mol. The lowest BCUT2D eigenvalue weighted by Crippen LogP contribution is -2.42. The first-order valence-corrected chi connectivity index (χ1v) is 6.07. The van der Waals surface area contributed by atoms with E-state index in [0.29, 0.717) is 18.5 Å². The molecule has 0 aliphatic rings. The fraction of sp³-hybridized carbons (Fsp3) is 0.357. The Hall–Kier alpha value is -2.01. The van der Waals surface area contributed by atoms with Gasteiger partial charge in [0, 0.05) is 6.54 Å². The smallest absolute Gasteiger partial charge is 0.237 e. The molecule has 19 heavy (non-hydrogen) atoms. The van der Waals surface area contributed by atoms with E-state index in [4.69, 9.17) is 5.73 Å². The monoisotopic (exact) mass is 264 g/mol. The molecule has 1 atom stereocenters. The lowest BCUT2D eigenvalue weighted by Gasteiger charge is -2.12. The molecule has 5 nitrogen and oxygen atoms in total. The highest BCUT2D eigenvalue weighted by atomic mass is 16.3.